The van der Waals surface area contributed by atoms with Gasteiger partial charge in [0.1, 0.15) is 6.10 Å². The molecule has 1 heterocycles. The highest BCUT2D eigenvalue weighted by atomic mass is 16.6. The molecule has 1 saturated heterocycles. The van der Waals surface area contributed by atoms with Gasteiger partial charge >= 0.3 is 0 Å². The molecule has 2 aromatic rings. The lowest BCUT2D eigenvalue weighted by Crippen LogP contribution is -2.38. The van der Waals surface area contributed by atoms with Crippen LogP contribution in [0.1, 0.15) is 11.7 Å². The van der Waals surface area contributed by atoms with Crippen LogP contribution in [0.15, 0.2) is 54.6 Å². The average molecular weight is 284 g/mol. The van der Waals surface area contributed by atoms with Crippen LogP contribution in [0.4, 0.5) is 11.4 Å². The van der Waals surface area contributed by atoms with Crippen LogP contribution in [0.25, 0.3) is 0 Å². The van der Waals surface area contributed by atoms with Crippen molar-refractivity contribution in [2.24, 2.45) is 0 Å². The fourth-order valence-electron chi connectivity index (χ4n) is 2.54. The molecule has 5 heteroatoms. The van der Waals surface area contributed by atoms with Gasteiger partial charge < -0.3 is 9.64 Å². The second-order valence-electron chi connectivity index (χ2n) is 4.99. The molecular weight excluding hydrogens is 268 g/mol. The van der Waals surface area contributed by atoms with E-state index in [0.29, 0.717) is 6.61 Å². The van der Waals surface area contributed by atoms with Crippen LogP contribution in [-0.4, -0.2) is 24.6 Å². The zero-order valence-electron chi connectivity index (χ0n) is 11.5. The zero-order chi connectivity index (χ0) is 14.7. The molecule has 1 aliphatic rings. The molecule has 0 bridgehead atoms. The van der Waals surface area contributed by atoms with E-state index >= 15 is 0 Å². The molecule has 2 aromatic carbocycles. The van der Waals surface area contributed by atoms with Crippen molar-refractivity contribution in [2.75, 3.05) is 24.6 Å². The van der Waals surface area contributed by atoms with Gasteiger partial charge in [-0.05, 0) is 17.7 Å². The molecule has 1 aliphatic heterocycles. The van der Waals surface area contributed by atoms with Crippen molar-refractivity contribution < 1.29 is 9.66 Å². The van der Waals surface area contributed by atoms with Crippen molar-refractivity contribution in [1.82, 2.24) is 0 Å². The Kier molecular flexibility index (Phi) is 3.83. The molecule has 1 atom stereocenters. The number of ether oxygens (including phenoxy) is 1. The van der Waals surface area contributed by atoms with Gasteiger partial charge in [0.15, 0.2) is 0 Å². The smallest absolute Gasteiger partial charge is 0.269 e. The predicted molar refractivity (Wildman–Crippen MR) is 80.4 cm³/mol. The third-order valence-corrected chi connectivity index (χ3v) is 3.66. The van der Waals surface area contributed by atoms with E-state index in [0.717, 1.165) is 24.3 Å². The van der Waals surface area contributed by atoms with Crippen LogP contribution in [0.5, 0.6) is 0 Å². The Hall–Kier alpha value is -2.40. The predicted octanol–water partition coefficient (Wildman–Crippen LogP) is 3.17. The highest BCUT2D eigenvalue weighted by Crippen LogP contribution is 2.27. The molecule has 108 valence electrons. The SMILES string of the molecule is O=[N+]([O-])c1ccc(N2CCOC(c3ccccc3)C2)cc1. The zero-order valence-corrected chi connectivity index (χ0v) is 11.5. The minimum absolute atomic E-state index is 0.0372. The van der Waals surface area contributed by atoms with Gasteiger partial charge in [-0.3, -0.25) is 10.1 Å². The summed E-state index contributed by atoms with van der Waals surface area (Å²) in [6.45, 7) is 2.19. The first-order chi connectivity index (χ1) is 10.2. The first kappa shape index (κ1) is 13.6. The van der Waals surface area contributed by atoms with E-state index in [1.165, 1.54) is 0 Å². The van der Waals surface area contributed by atoms with Crippen molar-refractivity contribution in [3.05, 3.63) is 70.3 Å². The van der Waals surface area contributed by atoms with Crippen LogP contribution in [0.3, 0.4) is 0 Å². The maximum atomic E-state index is 10.7. The van der Waals surface area contributed by atoms with Crippen molar-refractivity contribution >= 4 is 11.4 Å². The number of morpholine rings is 1. The Morgan fingerprint density at radius 3 is 2.48 bits per heavy atom. The van der Waals surface area contributed by atoms with Crippen LogP contribution in [-0.2, 0) is 4.74 Å². The summed E-state index contributed by atoms with van der Waals surface area (Å²) in [6.07, 6.45) is 0.0372. The molecule has 0 N–H and O–H groups in total. The number of anilines is 1. The largest absolute Gasteiger partial charge is 0.370 e. The second-order valence-corrected chi connectivity index (χ2v) is 4.99. The summed E-state index contributed by atoms with van der Waals surface area (Å²) in [5, 5.41) is 10.7. The van der Waals surface area contributed by atoms with E-state index in [9.17, 15) is 10.1 Å². The average Bonchev–Trinajstić information content (AvgIpc) is 2.56. The maximum absolute atomic E-state index is 10.7. The number of nitrogens with zero attached hydrogens (tertiary/aromatic N) is 2. The fourth-order valence-corrected chi connectivity index (χ4v) is 2.54. The van der Waals surface area contributed by atoms with Gasteiger partial charge in [-0.25, -0.2) is 0 Å². The Balaban J connectivity index is 1.75. The number of non-ortho nitro benzene ring substituents is 1. The van der Waals surface area contributed by atoms with E-state index in [4.69, 9.17) is 4.74 Å². The number of rotatable bonds is 3. The topological polar surface area (TPSA) is 55.6 Å². The second kappa shape index (κ2) is 5.93. The van der Waals surface area contributed by atoms with Crippen LogP contribution in [0.2, 0.25) is 0 Å². The number of benzene rings is 2. The van der Waals surface area contributed by atoms with Gasteiger partial charge in [0, 0.05) is 30.9 Å². The molecule has 0 spiro atoms. The highest BCUT2D eigenvalue weighted by Gasteiger charge is 2.22. The maximum Gasteiger partial charge on any atom is 0.269 e. The molecule has 0 radical (unpaired) electrons. The summed E-state index contributed by atoms with van der Waals surface area (Å²) in [5.41, 5.74) is 2.26. The van der Waals surface area contributed by atoms with Crippen molar-refractivity contribution in [2.45, 2.75) is 6.10 Å². The van der Waals surface area contributed by atoms with Gasteiger partial charge in [0.25, 0.3) is 5.69 Å². The van der Waals surface area contributed by atoms with Gasteiger partial charge in [-0.2, -0.15) is 0 Å². The quantitative estimate of drug-likeness (QED) is 0.641. The van der Waals surface area contributed by atoms with Crippen LogP contribution >= 0.6 is 0 Å². The third kappa shape index (κ3) is 3.03. The van der Waals surface area contributed by atoms with E-state index in [2.05, 4.69) is 17.0 Å². The number of nitro groups is 1. The lowest BCUT2D eigenvalue weighted by Gasteiger charge is -2.34. The van der Waals surface area contributed by atoms with Gasteiger partial charge in [0.05, 0.1) is 11.5 Å². The molecular formula is C16H16N2O3. The Labute approximate surface area is 122 Å². The number of hydrogen-bond donors (Lipinski definition) is 0. The lowest BCUT2D eigenvalue weighted by atomic mass is 10.1. The number of hydrogen-bond acceptors (Lipinski definition) is 4. The summed E-state index contributed by atoms with van der Waals surface area (Å²) >= 11 is 0. The summed E-state index contributed by atoms with van der Waals surface area (Å²) in [7, 11) is 0. The molecule has 21 heavy (non-hydrogen) atoms. The van der Waals surface area contributed by atoms with E-state index in [1.54, 1.807) is 24.3 Å². The Morgan fingerprint density at radius 1 is 1.10 bits per heavy atom. The minimum Gasteiger partial charge on any atom is -0.370 e. The molecule has 0 aromatic heterocycles. The van der Waals surface area contributed by atoms with E-state index in [1.807, 2.05) is 18.2 Å². The van der Waals surface area contributed by atoms with Crippen LogP contribution < -0.4 is 4.90 Å². The van der Waals surface area contributed by atoms with Crippen molar-refractivity contribution in [3.63, 3.8) is 0 Å². The van der Waals surface area contributed by atoms with Crippen molar-refractivity contribution in [3.8, 4) is 0 Å². The minimum atomic E-state index is -0.379. The first-order valence-electron chi connectivity index (χ1n) is 6.90. The van der Waals surface area contributed by atoms with Gasteiger partial charge in [0.2, 0.25) is 0 Å². The standard InChI is InChI=1S/C16H16N2O3/c19-18(20)15-8-6-14(7-9-15)17-10-11-21-16(12-17)13-4-2-1-3-5-13/h1-9,16H,10-12H2. The summed E-state index contributed by atoms with van der Waals surface area (Å²) < 4.78 is 5.83. The monoisotopic (exact) mass is 284 g/mol. The highest BCUT2D eigenvalue weighted by molar-refractivity contribution is 5.51. The first-order valence-corrected chi connectivity index (χ1v) is 6.90. The van der Waals surface area contributed by atoms with Gasteiger partial charge in [-0.15, -0.1) is 0 Å². The molecule has 0 saturated carbocycles. The molecule has 3 rings (SSSR count). The molecule has 0 amide bonds. The van der Waals surface area contributed by atoms with E-state index in [-0.39, 0.29) is 16.7 Å². The molecule has 0 aliphatic carbocycles. The summed E-state index contributed by atoms with van der Waals surface area (Å²) in [5.74, 6) is 0. The Bertz CT molecular complexity index is 613. The van der Waals surface area contributed by atoms with Crippen LogP contribution in [0, 0.1) is 10.1 Å². The molecule has 1 fully saturated rings. The fraction of sp³-hybridized carbons (Fsp3) is 0.250. The van der Waals surface area contributed by atoms with Gasteiger partial charge in [-0.1, -0.05) is 30.3 Å². The molecule has 1 unspecified atom stereocenters. The third-order valence-electron chi connectivity index (χ3n) is 3.66. The van der Waals surface area contributed by atoms with E-state index < -0.39 is 0 Å². The lowest BCUT2D eigenvalue weighted by molar-refractivity contribution is -0.384. The summed E-state index contributed by atoms with van der Waals surface area (Å²) in [6, 6.07) is 16.8. The number of nitro benzene ring substituents is 1. The van der Waals surface area contributed by atoms with Crippen molar-refractivity contribution in [1.29, 1.82) is 0 Å². The normalized spacial score (nSPS) is 18.5. The Morgan fingerprint density at radius 2 is 1.81 bits per heavy atom. The molecule has 5 nitrogen and oxygen atoms in total. The summed E-state index contributed by atoms with van der Waals surface area (Å²) in [4.78, 5) is 12.5.